The Bertz CT molecular complexity index is 2580. The van der Waals surface area contributed by atoms with Gasteiger partial charge in [-0.25, -0.2) is 4.79 Å². The van der Waals surface area contributed by atoms with Crippen molar-refractivity contribution in [3.05, 3.63) is 130 Å². The zero-order valence-electron chi connectivity index (χ0n) is 39.0. The number of allylic oxidation sites excluding steroid dienone is 4. The lowest BCUT2D eigenvalue weighted by Gasteiger charge is -2.38. The highest BCUT2D eigenvalue weighted by Crippen LogP contribution is 2.49. The van der Waals surface area contributed by atoms with Crippen LogP contribution in [0.4, 0.5) is 5.69 Å². The van der Waals surface area contributed by atoms with Crippen LogP contribution in [0, 0.1) is 30.6 Å². The lowest BCUT2D eigenvalue weighted by molar-refractivity contribution is -0.160. The molecule has 1 amide bonds. The minimum atomic E-state index is -2.18. The summed E-state index contributed by atoms with van der Waals surface area (Å²) in [6.07, 6.45) is 3.15. The Morgan fingerprint density at radius 1 is 0.821 bits per heavy atom. The van der Waals surface area contributed by atoms with Crippen LogP contribution in [-0.4, -0.2) is 89.8 Å². The van der Waals surface area contributed by atoms with Gasteiger partial charge >= 0.3 is 17.7 Å². The molecule has 67 heavy (non-hydrogen) atoms. The van der Waals surface area contributed by atoms with Crippen molar-refractivity contribution in [2.24, 2.45) is 23.7 Å². The van der Waals surface area contributed by atoms with E-state index in [0.717, 1.165) is 6.26 Å². The van der Waals surface area contributed by atoms with Crippen molar-refractivity contribution in [2.45, 2.75) is 85.6 Å². The average Bonchev–Trinajstić information content (AvgIpc) is 3.58. The molecule has 4 aliphatic rings. The third kappa shape index (κ3) is 9.97. The first kappa shape index (κ1) is 49.6. The molecule has 0 aromatic heterocycles. The van der Waals surface area contributed by atoms with Crippen LogP contribution < -0.4 is 24.8 Å². The second-order valence-electron chi connectivity index (χ2n) is 17.1. The lowest BCUT2D eigenvalue weighted by atomic mass is 9.78. The van der Waals surface area contributed by atoms with Gasteiger partial charge in [0.2, 0.25) is 11.6 Å². The minimum Gasteiger partial charge on any atom is -0.497 e. The third-order valence-corrected chi connectivity index (χ3v) is 12.5. The molecule has 3 aromatic carbocycles. The molecule has 0 radical (unpaired) electrons. The smallest absolute Gasteiger partial charge is 0.343 e. The molecule has 9 atom stereocenters. The van der Waals surface area contributed by atoms with Gasteiger partial charge in [0.05, 0.1) is 53.9 Å². The second kappa shape index (κ2) is 20.3. The molecule has 0 unspecified atom stereocenters. The maximum absolute atomic E-state index is 15.2. The topological polar surface area (TPSA) is 222 Å². The molecule has 16 heteroatoms. The molecule has 1 aliphatic carbocycles. The van der Waals surface area contributed by atoms with Crippen LogP contribution >= 0.6 is 0 Å². The molecule has 0 saturated heterocycles. The van der Waals surface area contributed by atoms with Crippen LogP contribution in [0.2, 0.25) is 0 Å². The van der Waals surface area contributed by atoms with Gasteiger partial charge in [0, 0.05) is 61.5 Å². The first-order valence-corrected chi connectivity index (χ1v) is 21.8. The van der Waals surface area contributed by atoms with E-state index < -0.39 is 117 Å². The number of nitrogens with one attached hydrogen (secondary N) is 2. The maximum Gasteiger partial charge on any atom is 0.343 e. The molecule has 7 rings (SSSR count). The normalized spacial score (nSPS) is 26.8. The number of fused-ring (bicyclic) bond motifs is 14. The lowest BCUT2D eigenvalue weighted by Crippen LogP contribution is -2.46. The van der Waals surface area contributed by atoms with Gasteiger partial charge in [-0.1, -0.05) is 64.1 Å². The minimum absolute atomic E-state index is 0.00138. The molecule has 354 valence electrons. The summed E-state index contributed by atoms with van der Waals surface area (Å²) < 4.78 is 35.1. The van der Waals surface area contributed by atoms with Gasteiger partial charge in [-0.2, -0.15) is 0 Å². The van der Waals surface area contributed by atoms with Gasteiger partial charge < -0.3 is 49.3 Å². The van der Waals surface area contributed by atoms with Crippen molar-refractivity contribution in [2.75, 3.05) is 19.5 Å². The highest BCUT2D eigenvalue weighted by Gasteiger charge is 2.53. The fourth-order valence-corrected chi connectivity index (χ4v) is 8.47. The number of hydrogen-bond donors (Lipinski definition) is 4. The van der Waals surface area contributed by atoms with Crippen LogP contribution in [0.1, 0.15) is 95.5 Å². The quantitative estimate of drug-likeness (QED) is 0.145. The number of ether oxygens (including phenoxy) is 6. The van der Waals surface area contributed by atoms with E-state index in [1.165, 1.54) is 72.3 Å². The number of esters is 2. The molecule has 3 aliphatic heterocycles. The van der Waals surface area contributed by atoms with Gasteiger partial charge in [0.25, 0.3) is 11.7 Å². The van der Waals surface area contributed by atoms with Crippen molar-refractivity contribution in [1.82, 2.24) is 5.32 Å². The van der Waals surface area contributed by atoms with Crippen LogP contribution in [0.25, 0.3) is 0 Å². The van der Waals surface area contributed by atoms with Gasteiger partial charge in [-0.05, 0) is 56.3 Å². The van der Waals surface area contributed by atoms with Crippen LogP contribution in [-0.2, 0) is 23.8 Å². The molecule has 16 nitrogen and oxygen atoms in total. The largest absolute Gasteiger partial charge is 0.497 e. The molecule has 3 heterocycles. The fraction of sp³-hybridized carbons (Fsp3) is 0.373. The van der Waals surface area contributed by atoms with E-state index in [9.17, 15) is 29.4 Å². The summed E-state index contributed by atoms with van der Waals surface area (Å²) in [5, 5.41) is 28.6. The number of aliphatic hydroxyl groups is 2. The Balaban J connectivity index is 1.57. The van der Waals surface area contributed by atoms with Crippen LogP contribution in [0.5, 0.6) is 17.2 Å². The number of carbonyl (C=O) groups is 6. The molecule has 0 fully saturated rings. The monoisotopic (exact) mass is 920 g/mol. The second-order valence-corrected chi connectivity index (χ2v) is 17.1. The summed E-state index contributed by atoms with van der Waals surface area (Å²) in [5.41, 5.74) is -1.73. The highest BCUT2D eigenvalue weighted by atomic mass is 16.7. The standard InChI is InChI=1S/C51H56N2O14/c1-25-15-14-16-26(2)49(60)53-40-39(52-33-19-21-34(62-9)22-20-33)43(57)36-37(44(40)58)46(66-50(61)32-17-12-11-13-18-32)30(6)47-38(36)48(59)51(8,67-47)64-24-23-35(63-10)27(3)45(65-31(7)54)29(5)42(56)28(4)41(25)55/h11-25,27-29,35,41-42,45,52,55-56H,1-10H3,(H,53,60)/t25-,27+,28+,29-,35-,41-,42-,45+,51-/m0/s1. The summed E-state index contributed by atoms with van der Waals surface area (Å²) in [7, 11) is 2.89. The number of methoxy groups -OCH3 is 2. The van der Waals surface area contributed by atoms with Crippen molar-refractivity contribution >= 4 is 40.9 Å². The van der Waals surface area contributed by atoms with E-state index in [4.69, 9.17) is 28.4 Å². The van der Waals surface area contributed by atoms with Crippen molar-refractivity contribution in [1.29, 1.82) is 0 Å². The van der Waals surface area contributed by atoms with Gasteiger partial charge in [0.15, 0.2) is 0 Å². The Morgan fingerprint density at radius 3 is 2.12 bits per heavy atom. The molecular weight excluding hydrogens is 865 g/mol. The Morgan fingerprint density at radius 2 is 1.49 bits per heavy atom. The number of hydrogen-bond acceptors (Lipinski definition) is 15. The zero-order valence-corrected chi connectivity index (χ0v) is 39.0. The van der Waals surface area contributed by atoms with E-state index >= 15 is 9.59 Å². The van der Waals surface area contributed by atoms with Crippen molar-refractivity contribution in [3.8, 4) is 17.2 Å². The number of Topliss-reactive ketones (excluding diaryl/α,β-unsaturated/α-hetero) is 3. The van der Waals surface area contributed by atoms with Gasteiger partial charge in [0.1, 0.15) is 34.7 Å². The number of benzene rings is 3. The number of aliphatic hydroxyl groups excluding tert-OH is 2. The summed E-state index contributed by atoms with van der Waals surface area (Å²) in [5.74, 6) is -10.1. The number of anilines is 1. The fourth-order valence-electron chi connectivity index (χ4n) is 8.47. The summed E-state index contributed by atoms with van der Waals surface area (Å²) >= 11 is 0. The maximum atomic E-state index is 15.2. The van der Waals surface area contributed by atoms with Crippen LogP contribution in [0.15, 0.2) is 102 Å². The molecule has 3 aromatic rings. The number of ketones is 3. The Labute approximate surface area is 388 Å². The predicted molar refractivity (Wildman–Crippen MR) is 245 cm³/mol. The van der Waals surface area contributed by atoms with Crippen molar-refractivity contribution in [3.63, 3.8) is 0 Å². The number of rotatable bonds is 7. The molecule has 0 spiro atoms. The van der Waals surface area contributed by atoms with Crippen LogP contribution in [0.3, 0.4) is 0 Å². The van der Waals surface area contributed by atoms with E-state index in [-0.39, 0.29) is 28.0 Å². The predicted octanol–water partition coefficient (Wildman–Crippen LogP) is 6.59. The van der Waals surface area contributed by atoms with E-state index in [0.29, 0.717) is 11.4 Å². The summed E-state index contributed by atoms with van der Waals surface area (Å²) in [4.78, 5) is 85.4. The highest BCUT2D eigenvalue weighted by molar-refractivity contribution is 6.33. The first-order chi connectivity index (χ1) is 31.7. The van der Waals surface area contributed by atoms with Gasteiger partial charge in [-0.15, -0.1) is 0 Å². The van der Waals surface area contributed by atoms with Gasteiger partial charge in [-0.3, -0.25) is 24.0 Å². The zero-order chi connectivity index (χ0) is 49.1. The average molecular weight is 921 g/mol. The summed E-state index contributed by atoms with van der Waals surface area (Å²) in [6, 6.07) is 14.3. The van der Waals surface area contributed by atoms with E-state index in [1.807, 2.05) is 0 Å². The van der Waals surface area contributed by atoms with E-state index in [1.54, 1.807) is 76.2 Å². The Hall–Kier alpha value is -6.88. The number of carbonyl (C=O) groups excluding carboxylic acids is 6. The number of amides is 1. The molecule has 4 N–H and O–H groups in total. The van der Waals surface area contributed by atoms with Crippen molar-refractivity contribution < 1.29 is 67.4 Å². The van der Waals surface area contributed by atoms with E-state index in [2.05, 4.69) is 10.6 Å². The molecule has 5 bridgehead atoms. The third-order valence-electron chi connectivity index (χ3n) is 12.5. The molecular formula is C51H56N2O14. The first-order valence-electron chi connectivity index (χ1n) is 21.8. The summed E-state index contributed by atoms with van der Waals surface area (Å²) in [6.45, 7) is 12.3. The SMILES string of the molecule is COc1ccc(NC2=C3NC(=O)C(C)=CC=C[C@H](C)[C@H](O)[C@@H](C)[C@H](O)[C@H](C)[C@H](OC(C)=O)[C@H](C)[C@@H](OC)C=CO[C@@]4(C)Oc5c(C)c(OC(=O)c6ccccc6)c(c(c5C4=O)C2=O)C3=O)cc1. The molecule has 0 saturated carbocycles. The Kier molecular flexibility index (Phi) is 15.0.